The molecule has 58 valence electrons. The number of rotatable bonds is 1. The summed E-state index contributed by atoms with van der Waals surface area (Å²) in [5.41, 5.74) is 0.532. The van der Waals surface area contributed by atoms with Crippen LogP contribution in [-0.2, 0) is 0 Å². The van der Waals surface area contributed by atoms with Gasteiger partial charge in [-0.1, -0.05) is 0 Å². The van der Waals surface area contributed by atoms with Gasteiger partial charge in [0, 0.05) is 18.7 Å². The van der Waals surface area contributed by atoms with Gasteiger partial charge in [0.25, 0.3) is 0 Å². The number of aromatic nitrogens is 1. The number of hydrogen-bond donors (Lipinski definition) is 0. The fourth-order valence-electron chi connectivity index (χ4n) is 0.867. The highest BCUT2D eigenvalue weighted by Crippen LogP contribution is 2.08. The molecule has 0 aliphatic carbocycles. The molecule has 0 bridgehead atoms. The monoisotopic (exact) mass is 153 g/mol. The van der Waals surface area contributed by atoms with Crippen molar-refractivity contribution in [1.29, 1.82) is 0 Å². The zero-order valence-electron chi connectivity index (χ0n) is 6.39. The number of ketones is 1. The summed E-state index contributed by atoms with van der Waals surface area (Å²) >= 11 is 0. The summed E-state index contributed by atoms with van der Waals surface area (Å²) in [5, 5.41) is 0. The number of carbonyl (C=O) groups excluding carboxylic acids is 1. The maximum atomic E-state index is 12.7. The molecule has 0 aliphatic rings. The summed E-state index contributed by atoms with van der Waals surface area (Å²) < 4.78 is 12.7. The number of carbonyl (C=O) groups is 1. The van der Waals surface area contributed by atoms with Crippen LogP contribution >= 0.6 is 0 Å². The van der Waals surface area contributed by atoms with E-state index < -0.39 is 0 Å². The molecule has 0 fully saturated rings. The molecule has 0 unspecified atom stereocenters. The van der Waals surface area contributed by atoms with Gasteiger partial charge in [-0.15, -0.1) is 0 Å². The molecule has 1 aromatic rings. The first-order valence-corrected chi connectivity index (χ1v) is 3.25. The van der Waals surface area contributed by atoms with E-state index in [-0.39, 0.29) is 17.3 Å². The lowest BCUT2D eigenvalue weighted by atomic mass is 10.1. The van der Waals surface area contributed by atoms with Gasteiger partial charge in [-0.2, -0.15) is 0 Å². The van der Waals surface area contributed by atoms with Gasteiger partial charge in [-0.3, -0.25) is 9.78 Å². The lowest BCUT2D eigenvalue weighted by Gasteiger charge is -1.99. The first kappa shape index (κ1) is 7.85. The lowest BCUT2D eigenvalue weighted by molar-refractivity contribution is 0.101. The van der Waals surface area contributed by atoms with Crippen molar-refractivity contribution in [3.8, 4) is 0 Å². The molecule has 0 saturated carbocycles. The van der Waals surface area contributed by atoms with Gasteiger partial charge < -0.3 is 0 Å². The van der Waals surface area contributed by atoms with Crippen LogP contribution in [0.3, 0.4) is 0 Å². The highest BCUT2D eigenvalue weighted by Gasteiger charge is 2.07. The molecular weight excluding hydrogens is 145 g/mol. The van der Waals surface area contributed by atoms with Crippen molar-refractivity contribution < 1.29 is 9.18 Å². The van der Waals surface area contributed by atoms with Crippen LogP contribution in [0.4, 0.5) is 4.39 Å². The third-order valence-electron chi connectivity index (χ3n) is 1.47. The van der Waals surface area contributed by atoms with Crippen LogP contribution in [0.25, 0.3) is 0 Å². The Balaban J connectivity index is 3.27. The van der Waals surface area contributed by atoms with Crippen LogP contribution in [0.5, 0.6) is 0 Å². The van der Waals surface area contributed by atoms with E-state index in [0.29, 0.717) is 5.56 Å². The molecule has 0 aromatic carbocycles. The predicted octanol–water partition coefficient (Wildman–Crippen LogP) is 1.73. The normalized spacial score (nSPS) is 9.73. The maximum Gasteiger partial charge on any atom is 0.178 e. The molecule has 0 amide bonds. The Hall–Kier alpha value is -1.25. The average molecular weight is 153 g/mol. The molecule has 0 spiro atoms. The van der Waals surface area contributed by atoms with Gasteiger partial charge in [-0.05, 0) is 13.0 Å². The molecule has 0 radical (unpaired) electrons. The van der Waals surface area contributed by atoms with Crippen LogP contribution in [0.1, 0.15) is 23.0 Å². The predicted molar refractivity (Wildman–Crippen MR) is 38.9 cm³/mol. The van der Waals surface area contributed by atoms with Crippen molar-refractivity contribution in [3.05, 3.63) is 29.3 Å². The fraction of sp³-hybridized carbons (Fsp3) is 0.250. The van der Waals surface area contributed by atoms with Gasteiger partial charge >= 0.3 is 0 Å². The SMILES string of the molecule is CC(=O)c1nccc(F)c1C. The number of halogens is 1. The van der Waals surface area contributed by atoms with Crippen molar-refractivity contribution in [3.63, 3.8) is 0 Å². The van der Waals surface area contributed by atoms with E-state index in [1.54, 1.807) is 6.92 Å². The van der Waals surface area contributed by atoms with Crippen molar-refractivity contribution >= 4 is 5.78 Å². The van der Waals surface area contributed by atoms with Crippen LogP contribution in [-0.4, -0.2) is 10.8 Å². The summed E-state index contributed by atoms with van der Waals surface area (Å²) in [7, 11) is 0. The molecule has 2 nitrogen and oxygen atoms in total. The maximum absolute atomic E-state index is 12.7. The Bertz CT molecular complexity index is 296. The van der Waals surface area contributed by atoms with E-state index in [2.05, 4.69) is 4.98 Å². The molecule has 1 heterocycles. The van der Waals surface area contributed by atoms with Gasteiger partial charge in [0.2, 0.25) is 0 Å². The largest absolute Gasteiger partial charge is 0.293 e. The number of nitrogens with zero attached hydrogens (tertiary/aromatic N) is 1. The third-order valence-corrected chi connectivity index (χ3v) is 1.47. The van der Waals surface area contributed by atoms with E-state index in [4.69, 9.17) is 0 Å². The van der Waals surface area contributed by atoms with Crippen molar-refractivity contribution in [2.75, 3.05) is 0 Å². The summed E-state index contributed by atoms with van der Waals surface area (Å²) in [5.74, 6) is -0.591. The molecule has 0 aliphatic heterocycles. The molecule has 0 saturated heterocycles. The van der Waals surface area contributed by atoms with Crippen molar-refractivity contribution in [2.45, 2.75) is 13.8 Å². The third kappa shape index (κ3) is 1.42. The summed E-state index contributed by atoms with van der Waals surface area (Å²) in [6.45, 7) is 2.91. The smallest absolute Gasteiger partial charge is 0.178 e. The van der Waals surface area contributed by atoms with E-state index in [0.717, 1.165) is 0 Å². The van der Waals surface area contributed by atoms with Crippen molar-refractivity contribution in [2.24, 2.45) is 0 Å². The molecule has 11 heavy (non-hydrogen) atoms. The molecule has 0 atom stereocenters. The highest BCUT2D eigenvalue weighted by molar-refractivity contribution is 5.93. The Labute approximate surface area is 64.1 Å². The molecular formula is C8H8FNO. The van der Waals surface area contributed by atoms with Crippen LogP contribution in [0, 0.1) is 12.7 Å². The zero-order valence-corrected chi connectivity index (χ0v) is 6.39. The van der Waals surface area contributed by atoms with E-state index in [9.17, 15) is 9.18 Å². The second kappa shape index (κ2) is 2.78. The van der Waals surface area contributed by atoms with E-state index in [1.165, 1.54) is 19.2 Å². The van der Waals surface area contributed by atoms with E-state index >= 15 is 0 Å². The lowest BCUT2D eigenvalue weighted by Crippen LogP contribution is -2.01. The summed E-state index contributed by atoms with van der Waals surface area (Å²) in [4.78, 5) is 14.5. The standard InChI is InChI=1S/C8H8FNO/c1-5-7(9)3-4-10-8(5)6(2)11/h3-4H,1-2H3. The first-order valence-electron chi connectivity index (χ1n) is 3.25. The van der Waals surface area contributed by atoms with Crippen LogP contribution < -0.4 is 0 Å². The number of Topliss-reactive ketones (excluding diaryl/α,β-unsaturated/α-hetero) is 1. The van der Waals surface area contributed by atoms with Gasteiger partial charge in [0.05, 0.1) is 0 Å². The van der Waals surface area contributed by atoms with Crippen LogP contribution in [0.15, 0.2) is 12.3 Å². The quantitative estimate of drug-likeness (QED) is 0.575. The van der Waals surface area contributed by atoms with E-state index in [1.807, 2.05) is 0 Å². The summed E-state index contributed by atoms with van der Waals surface area (Å²) in [6.07, 6.45) is 1.29. The highest BCUT2D eigenvalue weighted by atomic mass is 19.1. The minimum Gasteiger partial charge on any atom is -0.293 e. The molecule has 3 heteroatoms. The second-order valence-electron chi connectivity index (χ2n) is 2.32. The van der Waals surface area contributed by atoms with Gasteiger partial charge in [0.15, 0.2) is 5.78 Å². The van der Waals surface area contributed by atoms with Gasteiger partial charge in [0.1, 0.15) is 11.5 Å². The first-order chi connectivity index (χ1) is 5.13. The molecule has 1 rings (SSSR count). The summed E-state index contributed by atoms with van der Waals surface area (Å²) in [6, 6.07) is 1.24. The topological polar surface area (TPSA) is 30.0 Å². The Morgan fingerprint density at radius 2 is 2.27 bits per heavy atom. The minimum atomic E-state index is -0.384. The zero-order chi connectivity index (χ0) is 8.43. The number of hydrogen-bond acceptors (Lipinski definition) is 2. The van der Waals surface area contributed by atoms with Crippen LogP contribution in [0.2, 0.25) is 0 Å². The minimum absolute atomic E-state index is 0.206. The number of pyridine rings is 1. The van der Waals surface area contributed by atoms with Gasteiger partial charge in [-0.25, -0.2) is 4.39 Å². The van der Waals surface area contributed by atoms with Crippen molar-refractivity contribution in [1.82, 2.24) is 4.98 Å². The molecule has 0 N–H and O–H groups in total. The fourth-order valence-corrected chi connectivity index (χ4v) is 0.867. The average Bonchev–Trinajstić information content (AvgIpc) is 1.94. The Morgan fingerprint density at radius 3 is 2.73 bits per heavy atom. The Kier molecular flexibility index (Phi) is 1.98. The second-order valence-corrected chi connectivity index (χ2v) is 2.32. The Morgan fingerprint density at radius 1 is 1.64 bits per heavy atom. The molecule has 1 aromatic heterocycles.